The lowest BCUT2D eigenvalue weighted by Crippen LogP contribution is -2.53. The van der Waals surface area contributed by atoms with Gasteiger partial charge in [-0.1, -0.05) is 0 Å². The number of carbonyl (C=O) groups excluding carboxylic acids is 1. The van der Waals surface area contributed by atoms with E-state index < -0.39 is 31.9 Å². The number of fused-ring (bicyclic) bond motifs is 1. The Morgan fingerprint density at radius 1 is 1.37 bits per heavy atom. The number of carbonyl (C=O) groups is 1. The Morgan fingerprint density at radius 2 is 2.10 bits per heavy atom. The highest BCUT2D eigenvalue weighted by Crippen LogP contribution is 2.42. The molecule has 0 saturated carbocycles. The Labute approximate surface area is 171 Å². The normalized spacial score (nSPS) is 15.4. The summed E-state index contributed by atoms with van der Waals surface area (Å²) >= 11 is 0. The quantitative estimate of drug-likeness (QED) is 0.472. The van der Waals surface area contributed by atoms with Gasteiger partial charge in [0, 0.05) is 12.2 Å². The zero-order valence-corrected chi connectivity index (χ0v) is 17.3. The molecule has 13 heteroatoms. The second-order valence-corrected chi connectivity index (χ2v) is 8.06. The van der Waals surface area contributed by atoms with Crippen molar-refractivity contribution in [1.82, 2.24) is 9.97 Å². The van der Waals surface area contributed by atoms with Gasteiger partial charge in [0.15, 0.2) is 17.2 Å². The molecule has 2 heterocycles. The summed E-state index contributed by atoms with van der Waals surface area (Å²) in [7, 11) is -4.82. The van der Waals surface area contributed by atoms with Gasteiger partial charge in [-0.2, -0.15) is 4.98 Å². The summed E-state index contributed by atoms with van der Waals surface area (Å²) in [6.07, 6.45) is 1.01. The molecule has 0 spiro atoms. The lowest BCUT2D eigenvalue weighted by Gasteiger charge is -2.38. The number of rotatable bonds is 7. The van der Waals surface area contributed by atoms with Gasteiger partial charge in [-0.25, -0.2) is 13.9 Å². The molecule has 162 valence electrons. The van der Waals surface area contributed by atoms with Crippen LogP contribution in [0, 0.1) is 5.82 Å². The van der Waals surface area contributed by atoms with E-state index in [1.807, 2.05) is 6.92 Å². The van der Waals surface area contributed by atoms with Crippen molar-refractivity contribution in [2.24, 2.45) is 0 Å². The Bertz CT molecular complexity index is 1010. The van der Waals surface area contributed by atoms with Crippen LogP contribution in [-0.4, -0.2) is 44.5 Å². The fourth-order valence-corrected chi connectivity index (χ4v) is 3.01. The molecule has 11 nitrogen and oxygen atoms in total. The minimum atomic E-state index is -4.82. The number of phosphoric ester groups is 1. The van der Waals surface area contributed by atoms with Gasteiger partial charge in [0.2, 0.25) is 5.95 Å². The summed E-state index contributed by atoms with van der Waals surface area (Å²) < 4.78 is 35.4. The number of aromatic nitrogens is 2. The van der Waals surface area contributed by atoms with E-state index in [2.05, 4.69) is 25.1 Å². The Hall–Kier alpha value is -2.79. The number of phosphoric acid groups is 1. The highest BCUT2D eigenvalue weighted by molar-refractivity contribution is 7.46. The summed E-state index contributed by atoms with van der Waals surface area (Å²) in [5, 5.41) is 5.67. The second kappa shape index (κ2) is 8.15. The molecule has 1 aromatic heterocycles. The molecule has 1 aromatic carbocycles. The van der Waals surface area contributed by atoms with Crippen molar-refractivity contribution in [3.63, 3.8) is 0 Å². The number of anilines is 4. The molecule has 1 aliphatic heterocycles. The van der Waals surface area contributed by atoms with Crippen LogP contribution < -0.4 is 20.3 Å². The van der Waals surface area contributed by atoms with E-state index in [1.165, 1.54) is 19.9 Å². The molecule has 0 radical (unpaired) electrons. The van der Waals surface area contributed by atoms with Crippen molar-refractivity contribution >= 4 is 36.9 Å². The maximum absolute atomic E-state index is 14.1. The average molecular weight is 441 g/mol. The number of ether oxygens (including phenoxy) is 1. The maximum Gasteiger partial charge on any atom is 0.471 e. The number of nitrogens with zero attached hydrogens (tertiary/aromatic N) is 3. The summed E-state index contributed by atoms with van der Waals surface area (Å²) in [4.78, 5) is 39.7. The highest BCUT2D eigenvalue weighted by Gasteiger charge is 2.41. The zero-order chi connectivity index (χ0) is 22.1. The van der Waals surface area contributed by atoms with E-state index >= 15 is 0 Å². The van der Waals surface area contributed by atoms with Crippen molar-refractivity contribution in [3.05, 3.63) is 30.2 Å². The molecular formula is C17H21FN5O6P. The molecule has 0 fully saturated rings. The van der Waals surface area contributed by atoms with Crippen LogP contribution in [0.15, 0.2) is 24.4 Å². The van der Waals surface area contributed by atoms with Gasteiger partial charge in [0.1, 0.15) is 12.5 Å². The largest absolute Gasteiger partial charge is 0.476 e. The van der Waals surface area contributed by atoms with Gasteiger partial charge < -0.3 is 25.2 Å². The maximum atomic E-state index is 14.1. The third-order valence-electron chi connectivity index (χ3n) is 4.07. The van der Waals surface area contributed by atoms with Crippen LogP contribution in [0.1, 0.15) is 20.8 Å². The van der Waals surface area contributed by atoms with Crippen LogP contribution in [0.3, 0.4) is 0 Å². The standard InChI is InChI=1S/C17H21FN5O6P/c1-4-19-16-20-8-11(18)14(22-16)21-10-5-6-13-12(7-10)23(9-28-30(25,26)27)15(24)17(2,3)29-13/h5-8H,4,9H2,1-3H3,(H2,25,26,27)(H2,19,20,21,22). The topological polar surface area (TPSA) is 146 Å². The summed E-state index contributed by atoms with van der Waals surface area (Å²) in [5.41, 5.74) is -0.732. The number of nitrogens with one attached hydrogen (secondary N) is 2. The smallest absolute Gasteiger partial charge is 0.471 e. The van der Waals surface area contributed by atoms with Crippen LogP contribution in [0.5, 0.6) is 5.75 Å². The van der Waals surface area contributed by atoms with Gasteiger partial charge in [-0.15, -0.1) is 0 Å². The van der Waals surface area contributed by atoms with Gasteiger partial charge in [-0.3, -0.25) is 14.2 Å². The molecule has 3 rings (SSSR count). The van der Waals surface area contributed by atoms with Crippen molar-refractivity contribution in [3.8, 4) is 5.75 Å². The van der Waals surface area contributed by atoms with Gasteiger partial charge in [0.25, 0.3) is 5.91 Å². The van der Waals surface area contributed by atoms with Crippen molar-refractivity contribution in [2.75, 3.05) is 28.8 Å². The Balaban J connectivity index is 1.94. The SMILES string of the molecule is CCNc1ncc(F)c(Nc2ccc3c(c2)N(COP(=O)(O)O)C(=O)C(C)(C)O3)n1. The van der Waals surface area contributed by atoms with Crippen molar-refractivity contribution < 1.29 is 32.8 Å². The predicted molar refractivity (Wildman–Crippen MR) is 106 cm³/mol. The van der Waals surface area contributed by atoms with Crippen LogP contribution >= 0.6 is 7.82 Å². The van der Waals surface area contributed by atoms with Crippen LogP contribution in [-0.2, 0) is 13.9 Å². The minimum absolute atomic E-state index is 0.0951. The molecule has 0 unspecified atom stereocenters. The third-order valence-corrected chi connectivity index (χ3v) is 4.52. The Kier molecular flexibility index (Phi) is 5.95. The first kappa shape index (κ1) is 21.9. The summed E-state index contributed by atoms with van der Waals surface area (Å²) in [5.74, 6) is -0.831. The van der Waals surface area contributed by atoms with E-state index in [4.69, 9.17) is 14.5 Å². The lowest BCUT2D eigenvalue weighted by molar-refractivity contribution is -0.133. The van der Waals surface area contributed by atoms with E-state index in [1.54, 1.807) is 12.1 Å². The van der Waals surface area contributed by atoms with E-state index in [0.717, 1.165) is 11.1 Å². The molecule has 4 N–H and O–H groups in total. The summed E-state index contributed by atoms with van der Waals surface area (Å²) in [6, 6.07) is 4.59. The molecule has 1 aliphatic rings. The molecule has 0 saturated heterocycles. The summed E-state index contributed by atoms with van der Waals surface area (Å²) in [6.45, 7) is 4.74. The first-order valence-electron chi connectivity index (χ1n) is 8.89. The molecule has 1 amide bonds. The Morgan fingerprint density at radius 3 is 2.77 bits per heavy atom. The van der Waals surface area contributed by atoms with Gasteiger partial charge in [-0.05, 0) is 39.0 Å². The van der Waals surface area contributed by atoms with Gasteiger partial charge >= 0.3 is 7.82 Å². The van der Waals surface area contributed by atoms with E-state index in [-0.39, 0.29) is 23.2 Å². The number of hydrogen-bond donors (Lipinski definition) is 4. The molecular weight excluding hydrogens is 420 g/mol. The first-order valence-corrected chi connectivity index (χ1v) is 10.4. The molecule has 0 bridgehead atoms. The lowest BCUT2D eigenvalue weighted by atomic mass is 10.0. The number of amides is 1. The predicted octanol–water partition coefficient (Wildman–Crippen LogP) is 2.36. The van der Waals surface area contributed by atoms with Crippen molar-refractivity contribution in [1.29, 1.82) is 0 Å². The number of benzene rings is 1. The molecule has 30 heavy (non-hydrogen) atoms. The zero-order valence-electron chi connectivity index (χ0n) is 16.4. The third kappa shape index (κ3) is 4.85. The van der Waals surface area contributed by atoms with Crippen LogP contribution in [0.2, 0.25) is 0 Å². The molecule has 0 aliphatic carbocycles. The molecule has 2 aromatic rings. The number of hydrogen-bond acceptors (Lipinski definition) is 8. The van der Waals surface area contributed by atoms with E-state index in [0.29, 0.717) is 12.2 Å². The number of halogens is 1. The van der Waals surface area contributed by atoms with Crippen molar-refractivity contribution in [2.45, 2.75) is 26.4 Å². The second-order valence-electron chi connectivity index (χ2n) is 6.82. The fraction of sp³-hybridized carbons (Fsp3) is 0.353. The highest BCUT2D eigenvalue weighted by atomic mass is 31.2. The average Bonchev–Trinajstić information content (AvgIpc) is 2.64. The minimum Gasteiger partial charge on any atom is -0.476 e. The van der Waals surface area contributed by atoms with Crippen LogP contribution in [0.4, 0.5) is 27.5 Å². The van der Waals surface area contributed by atoms with Gasteiger partial charge in [0.05, 0.1) is 11.9 Å². The first-order chi connectivity index (χ1) is 14.0. The van der Waals surface area contributed by atoms with Crippen LogP contribution in [0.25, 0.3) is 0 Å². The van der Waals surface area contributed by atoms with E-state index in [9.17, 15) is 13.8 Å². The monoisotopic (exact) mass is 441 g/mol. The fourth-order valence-electron chi connectivity index (χ4n) is 2.74. The molecule has 0 atom stereocenters.